The Bertz CT molecular complexity index is 609. The zero-order valence-corrected chi connectivity index (χ0v) is 14.6. The molecular formula is C17H21ClF3NO3. The van der Waals surface area contributed by atoms with E-state index in [1.165, 1.54) is 25.8 Å². The molecular weight excluding hydrogens is 359 g/mol. The molecule has 0 radical (unpaired) electrons. The van der Waals surface area contributed by atoms with Crippen LogP contribution in [0.2, 0.25) is 5.02 Å². The Morgan fingerprint density at radius 2 is 2.08 bits per heavy atom. The second-order valence-corrected chi connectivity index (χ2v) is 6.83. The van der Waals surface area contributed by atoms with Crippen molar-refractivity contribution in [2.24, 2.45) is 5.92 Å². The highest BCUT2D eigenvalue weighted by molar-refractivity contribution is 6.30. The number of benzene rings is 1. The maximum absolute atomic E-state index is 10.6. The molecule has 1 saturated heterocycles. The molecule has 140 valence electrons. The summed E-state index contributed by atoms with van der Waals surface area (Å²) in [6.07, 6.45) is -0.830. The number of carboxylic acid groups (broad SMARTS) is 1. The van der Waals surface area contributed by atoms with Crippen LogP contribution < -0.4 is 4.74 Å². The fourth-order valence-corrected chi connectivity index (χ4v) is 3.57. The van der Waals surface area contributed by atoms with E-state index < -0.39 is 12.1 Å². The Hall–Kier alpha value is -1.47. The highest BCUT2D eigenvalue weighted by Crippen LogP contribution is 2.37. The summed E-state index contributed by atoms with van der Waals surface area (Å²) >= 11 is 5.93. The topological polar surface area (TPSA) is 49.8 Å². The molecule has 1 aromatic carbocycles. The minimum atomic E-state index is -5.08. The van der Waals surface area contributed by atoms with Crippen molar-refractivity contribution in [3.63, 3.8) is 0 Å². The van der Waals surface area contributed by atoms with Gasteiger partial charge in [-0.15, -0.1) is 0 Å². The second kappa shape index (κ2) is 8.27. The first-order valence-corrected chi connectivity index (χ1v) is 8.47. The number of likely N-dealkylation sites (tertiary alicyclic amines) is 1. The lowest BCUT2D eigenvalue weighted by atomic mass is 10.1. The monoisotopic (exact) mass is 379 g/mol. The van der Waals surface area contributed by atoms with Crippen LogP contribution in [0.15, 0.2) is 18.2 Å². The third-order valence-corrected chi connectivity index (χ3v) is 4.77. The van der Waals surface area contributed by atoms with Crippen molar-refractivity contribution in [1.82, 2.24) is 4.90 Å². The minimum Gasteiger partial charge on any atom is -0.492 e. The van der Waals surface area contributed by atoms with Gasteiger partial charge in [-0.2, -0.15) is 13.2 Å². The molecule has 0 unspecified atom stereocenters. The molecule has 3 rings (SSSR count). The number of hydrogen-bond acceptors (Lipinski definition) is 3. The molecule has 2 bridgehead atoms. The first-order valence-electron chi connectivity index (χ1n) is 8.10. The normalized spacial score (nSPS) is 22.4. The summed E-state index contributed by atoms with van der Waals surface area (Å²) in [5.74, 6) is -0.830. The van der Waals surface area contributed by atoms with Gasteiger partial charge in [-0.1, -0.05) is 11.6 Å². The largest absolute Gasteiger partial charge is 0.492 e. The molecule has 8 heteroatoms. The van der Waals surface area contributed by atoms with Crippen LogP contribution in [0.5, 0.6) is 5.75 Å². The van der Waals surface area contributed by atoms with Gasteiger partial charge in [0.15, 0.2) is 0 Å². The number of alkyl halides is 3. The zero-order valence-electron chi connectivity index (χ0n) is 13.9. The average molecular weight is 380 g/mol. The zero-order chi connectivity index (χ0) is 18.6. The lowest BCUT2D eigenvalue weighted by Crippen LogP contribution is -2.35. The van der Waals surface area contributed by atoms with E-state index in [1.54, 1.807) is 0 Å². The Morgan fingerprint density at radius 3 is 2.56 bits per heavy atom. The molecule has 0 amide bonds. The molecule has 2 atom stereocenters. The van der Waals surface area contributed by atoms with Crippen LogP contribution >= 0.6 is 11.6 Å². The van der Waals surface area contributed by atoms with E-state index in [2.05, 4.69) is 4.90 Å². The molecule has 1 N–H and O–H groups in total. The fourth-order valence-electron chi connectivity index (χ4n) is 3.35. The highest BCUT2D eigenvalue weighted by atomic mass is 35.5. The first-order chi connectivity index (χ1) is 11.7. The summed E-state index contributed by atoms with van der Waals surface area (Å²) in [6.45, 7) is 5.17. The van der Waals surface area contributed by atoms with Gasteiger partial charge in [0.05, 0.1) is 0 Å². The van der Waals surface area contributed by atoms with E-state index in [0.29, 0.717) is 0 Å². The fraction of sp³-hybridized carbons (Fsp3) is 0.588. The Morgan fingerprint density at radius 1 is 1.40 bits per heavy atom. The van der Waals surface area contributed by atoms with Crippen molar-refractivity contribution in [3.05, 3.63) is 28.8 Å². The summed E-state index contributed by atoms with van der Waals surface area (Å²) in [5.41, 5.74) is 1.12. The molecule has 0 spiro atoms. The third-order valence-electron chi connectivity index (χ3n) is 4.54. The lowest BCUT2D eigenvalue weighted by Gasteiger charge is -2.26. The van der Waals surface area contributed by atoms with Gasteiger partial charge in [0.25, 0.3) is 0 Å². The summed E-state index contributed by atoms with van der Waals surface area (Å²) in [4.78, 5) is 11.5. The predicted octanol–water partition coefficient (Wildman–Crippen LogP) is 4.14. The van der Waals surface area contributed by atoms with E-state index in [4.69, 9.17) is 26.2 Å². The molecule has 1 heterocycles. The van der Waals surface area contributed by atoms with Crippen molar-refractivity contribution in [3.8, 4) is 5.75 Å². The van der Waals surface area contributed by atoms with Crippen molar-refractivity contribution in [2.75, 3.05) is 19.7 Å². The third kappa shape index (κ3) is 5.78. The maximum atomic E-state index is 10.6. The van der Waals surface area contributed by atoms with Gasteiger partial charge in [-0.25, -0.2) is 4.79 Å². The predicted molar refractivity (Wildman–Crippen MR) is 88.1 cm³/mol. The van der Waals surface area contributed by atoms with Crippen LogP contribution in [-0.2, 0) is 4.79 Å². The summed E-state index contributed by atoms with van der Waals surface area (Å²) < 4.78 is 37.6. The molecule has 1 aliphatic heterocycles. The molecule has 2 aliphatic rings. The van der Waals surface area contributed by atoms with E-state index in [9.17, 15) is 13.2 Å². The van der Waals surface area contributed by atoms with Gasteiger partial charge in [-0.05, 0) is 55.9 Å². The molecule has 25 heavy (non-hydrogen) atoms. The minimum absolute atomic E-state index is 0.775. The number of nitrogens with zero attached hydrogens (tertiary/aromatic N) is 1. The van der Waals surface area contributed by atoms with Gasteiger partial charge in [0, 0.05) is 24.2 Å². The van der Waals surface area contributed by atoms with Crippen LogP contribution in [0.25, 0.3) is 0 Å². The Balaban J connectivity index is 0.000000277. The Labute approximate surface area is 149 Å². The van der Waals surface area contributed by atoms with Gasteiger partial charge < -0.3 is 9.84 Å². The number of carboxylic acids is 1. The summed E-state index contributed by atoms with van der Waals surface area (Å²) in [6, 6.07) is 6.65. The number of halogens is 4. The number of hydrogen-bond donors (Lipinski definition) is 1. The van der Waals surface area contributed by atoms with E-state index in [0.717, 1.165) is 41.4 Å². The summed E-state index contributed by atoms with van der Waals surface area (Å²) in [7, 11) is 0. The van der Waals surface area contributed by atoms with Crippen LogP contribution in [-0.4, -0.2) is 47.9 Å². The number of ether oxygens (including phenoxy) is 1. The molecule has 2 fully saturated rings. The standard InChI is InChI=1S/C15H20ClNO.C2HF3O2/c1-11-8-13(16)3-5-15(11)18-7-6-17-10-12-2-4-14(17)9-12;3-2(4,5)1(6)7/h3,5,8,12,14H,2,4,6-7,9-10H2,1H3;(H,6,7)/t12-,14-;/m0./s1. The highest BCUT2D eigenvalue weighted by Gasteiger charge is 2.38. The molecule has 1 aromatic rings. The van der Waals surface area contributed by atoms with Gasteiger partial charge >= 0.3 is 12.1 Å². The number of aliphatic carboxylic acids is 1. The number of rotatable bonds is 4. The van der Waals surface area contributed by atoms with Crippen molar-refractivity contribution >= 4 is 17.6 Å². The number of aryl methyl sites for hydroxylation is 1. The van der Waals surface area contributed by atoms with Crippen molar-refractivity contribution in [1.29, 1.82) is 0 Å². The molecule has 0 aromatic heterocycles. The van der Waals surface area contributed by atoms with E-state index >= 15 is 0 Å². The van der Waals surface area contributed by atoms with Crippen LogP contribution in [0.1, 0.15) is 24.8 Å². The maximum Gasteiger partial charge on any atom is 0.490 e. The van der Waals surface area contributed by atoms with Crippen molar-refractivity contribution in [2.45, 2.75) is 38.4 Å². The molecule has 4 nitrogen and oxygen atoms in total. The first kappa shape index (κ1) is 19.8. The number of piperidine rings is 1. The van der Waals surface area contributed by atoms with Gasteiger partial charge in [0.1, 0.15) is 12.4 Å². The van der Waals surface area contributed by atoms with Crippen LogP contribution in [0.3, 0.4) is 0 Å². The smallest absolute Gasteiger partial charge is 0.490 e. The molecule has 1 aliphatic carbocycles. The van der Waals surface area contributed by atoms with Gasteiger partial charge in [-0.3, -0.25) is 4.90 Å². The SMILES string of the molecule is Cc1cc(Cl)ccc1OCCN1C[C@H]2CC[C@H]1C2.O=C(O)C(F)(F)F. The Kier molecular flexibility index (Phi) is 6.57. The van der Waals surface area contributed by atoms with E-state index in [-0.39, 0.29) is 0 Å². The summed E-state index contributed by atoms with van der Waals surface area (Å²) in [5, 5.41) is 7.90. The molecule has 1 saturated carbocycles. The van der Waals surface area contributed by atoms with Crippen LogP contribution in [0, 0.1) is 12.8 Å². The average Bonchev–Trinajstić information content (AvgIpc) is 3.12. The van der Waals surface area contributed by atoms with E-state index in [1.807, 2.05) is 25.1 Å². The second-order valence-electron chi connectivity index (χ2n) is 6.39. The number of fused-ring (bicyclic) bond motifs is 2. The van der Waals surface area contributed by atoms with Crippen molar-refractivity contribution < 1.29 is 27.8 Å². The quantitative estimate of drug-likeness (QED) is 0.854. The number of carbonyl (C=O) groups is 1. The van der Waals surface area contributed by atoms with Gasteiger partial charge in [0.2, 0.25) is 0 Å². The lowest BCUT2D eigenvalue weighted by molar-refractivity contribution is -0.192. The van der Waals surface area contributed by atoms with Crippen LogP contribution in [0.4, 0.5) is 13.2 Å².